The molecule has 8 nitrogen and oxygen atoms in total. The van der Waals surface area contributed by atoms with Gasteiger partial charge in [-0.05, 0) is 76.4 Å². The molecule has 1 aliphatic carbocycles. The summed E-state index contributed by atoms with van der Waals surface area (Å²) < 4.78 is 11.9. The Labute approximate surface area is 238 Å². The van der Waals surface area contributed by atoms with Crippen molar-refractivity contribution in [2.75, 3.05) is 18.2 Å². The molecule has 1 heterocycles. The van der Waals surface area contributed by atoms with Crippen LogP contribution in [0, 0.1) is 20.8 Å². The van der Waals surface area contributed by atoms with Crippen LogP contribution in [-0.4, -0.2) is 45.6 Å². The van der Waals surface area contributed by atoms with Crippen LogP contribution < -0.4 is 9.75 Å². The lowest BCUT2D eigenvalue weighted by Crippen LogP contribution is -2.46. The van der Waals surface area contributed by atoms with Crippen molar-refractivity contribution in [2.45, 2.75) is 53.8 Å². The van der Waals surface area contributed by atoms with Gasteiger partial charge in [0.05, 0.1) is 34.8 Å². The second-order valence-corrected chi connectivity index (χ2v) is 11.5. The third-order valence-electron chi connectivity index (χ3n) is 6.87. The van der Waals surface area contributed by atoms with Crippen molar-refractivity contribution in [1.82, 2.24) is 9.89 Å². The van der Waals surface area contributed by atoms with E-state index in [1.165, 1.54) is 15.4 Å². The van der Waals surface area contributed by atoms with Gasteiger partial charge in [0.15, 0.2) is 5.78 Å². The molecule has 3 aromatic carbocycles. The molecule has 9 heteroatoms. The van der Waals surface area contributed by atoms with Crippen LogP contribution in [0.15, 0.2) is 42.5 Å². The van der Waals surface area contributed by atoms with E-state index < -0.39 is 11.7 Å². The molecule has 1 aromatic heterocycles. The minimum atomic E-state index is -0.762. The summed E-state index contributed by atoms with van der Waals surface area (Å²) in [6, 6.07) is 12.9. The molecule has 1 aliphatic rings. The maximum Gasteiger partial charge on any atom is 0.431 e. The van der Waals surface area contributed by atoms with E-state index in [-0.39, 0.29) is 24.0 Å². The largest absolute Gasteiger partial charge is 0.488 e. The normalized spacial score (nSPS) is 12.4. The summed E-state index contributed by atoms with van der Waals surface area (Å²) in [4.78, 5) is 28.5. The van der Waals surface area contributed by atoms with Gasteiger partial charge in [-0.1, -0.05) is 41.4 Å². The molecular formula is C31H32ClN3O5. The smallest absolute Gasteiger partial charge is 0.431 e. The zero-order valence-corrected chi connectivity index (χ0v) is 24.2. The van der Waals surface area contributed by atoms with E-state index in [0.29, 0.717) is 45.6 Å². The molecule has 1 N–H and O–H groups in total. The lowest BCUT2D eigenvalue weighted by Gasteiger charge is -2.27. The number of nitrogens with zero attached hydrogens (tertiary/aromatic N) is 3. The fourth-order valence-electron chi connectivity index (χ4n) is 5.23. The maximum atomic E-state index is 14.0. The molecule has 208 valence electrons. The third kappa shape index (κ3) is 4.82. The highest BCUT2D eigenvalue weighted by Gasteiger charge is 2.35. The lowest BCUT2D eigenvalue weighted by atomic mass is 9.87. The Morgan fingerprint density at radius 3 is 2.42 bits per heavy atom. The second kappa shape index (κ2) is 10.3. The van der Waals surface area contributed by atoms with Crippen molar-refractivity contribution in [3.8, 4) is 17.0 Å². The fourth-order valence-corrected chi connectivity index (χ4v) is 5.48. The van der Waals surface area contributed by atoms with Crippen molar-refractivity contribution >= 4 is 34.4 Å². The summed E-state index contributed by atoms with van der Waals surface area (Å²) >= 11 is 6.61. The first-order valence-corrected chi connectivity index (χ1v) is 13.5. The number of aliphatic hydroxyl groups is 1. The molecule has 5 rings (SSSR count). The Morgan fingerprint density at radius 1 is 1.07 bits per heavy atom. The topological polar surface area (TPSA) is 93.9 Å². The molecule has 0 bridgehead atoms. The van der Waals surface area contributed by atoms with Crippen LogP contribution >= 0.6 is 11.6 Å². The van der Waals surface area contributed by atoms with Crippen molar-refractivity contribution in [1.29, 1.82) is 0 Å². The van der Waals surface area contributed by atoms with Crippen LogP contribution in [0.2, 0.25) is 5.02 Å². The first-order chi connectivity index (χ1) is 18.9. The molecule has 0 radical (unpaired) electrons. The number of amides is 1. The molecular weight excluding hydrogens is 530 g/mol. The van der Waals surface area contributed by atoms with Crippen LogP contribution in [0.3, 0.4) is 0 Å². The van der Waals surface area contributed by atoms with Gasteiger partial charge < -0.3 is 14.6 Å². The number of aromatic nitrogens is 2. The molecule has 0 spiro atoms. The Morgan fingerprint density at radius 2 is 1.77 bits per heavy atom. The highest BCUT2D eigenvalue weighted by molar-refractivity contribution is 6.39. The molecule has 0 unspecified atom stereocenters. The zero-order valence-electron chi connectivity index (χ0n) is 23.5. The number of hydrogen-bond donors (Lipinski definition) is 1. The van der Waals surface area contributed by atoms with Gasteiger partial charge in [-0.2, -0.15) is 14.9 Å². The number of carbonyl (C=O) groups excluding carboxylic acids is 2. The highest BCUT2D eigenvalue weighted by Crippen LogP contribution is 2.44. The Kier molecular flexibility index (Phi) is 7.10. The van der Waals surface area contributed by atoms with E-state index in [1.807, 2.05) is 26.0 Å². The number of ketones is 1. The van der Waals surface area contributed by atoms with E-state index in [2.05, 4.69) is 19.1 Å². The minimum Gasteiger partial charge on any atom is -0.488 e. The Balaban J connectivity index is 1.64. The molecule has 4 aromatic rings. The number of hydrogen-bond acceptors (Lipinski definition) is 6. The molecule has 0 atom stereocenters. The Hall–Kier alpha value is -3.88. The van der Waals surface area contributed by atoms with Gasteiger partial charge in [-0.25, -0.2) is 4.79 Å². The first-order valence-electron chi connectivity index (χ1n) is 13.1. The van der Waals surface area contributed by atoms with E-state index in [4.69, 9.17) is 26.2 Å². The van der Waals surface area contributed by atoms with Gasteiger partial charge in [-0.3, -0.25) is 4.79 Å². The van der Waals surface area contributed by atoms with Gasteiger partial charge in [0.2, 0.25) is 0 Å². The predicted molar refractivity (Wildman–Crippen MR) is 155 cm³/mol. The quantitative estimate of drug-likeness (QED) is 0.262. The first kappa shape index (κ1) is 27.7. The van der Waals surface area contributed by atoms with Crippen LogP contribution in [0.25, 0.3) is 22.2 Å². The van der Waals surface area contributed by atoms with Crippen LogP contribution in [-0.2, 0) is 11.3 Å². The number of benzene rings is 3. The number of aliphatic hydroxyl groups excluding tert-OH is 1. The average Bonchev–Trinajstić information content (AvgIpc) is 3.24. The summed E-state index contributed by atoms with van der Waals surface area (Å²) in [5.74, 6) is 0.145. The Bertz CT molecular complexity index is 1640. The lowest BCUT2D eigenvalue weighted by molar-refractivity contribution is 0.0524. The van der Waals surface area contributed by atoms with Crippen molar-refractivity contribution in [2.24, 2.45) is 0 Å². The van der Waals surface area contributed by atoms with Crippen LogP contribution in [0.4, 0.5) is 4.79 Å². The molecule has 1 amide bonds. The molecule has 40 heavy (non-hydrogen) atoms. The van der Waals surface area contributed by atoms with E-state index in [9.17, 15) is 14.7 Å². The number of halogens is 1. The molecule has 0 saturated heterocycles. The standard InChI is InChI=1S/C31H32ClN3O5/c1-17-14-18(2)21(19(3)15-17)16-39-24-9-7-8-20-25(24)29(37)26-22(32)10-11-23-27(26)28(20)33-35(23)34(12-13-36)30(38)40-31(4,5)6/h7-11,14-15,36H,12-13,16H2,1-6H3. The summed E-state index contributed by atoms with van der Waals surface area (Å²) in [6.45, 7) is 11.3. The van der Waals surface area contributed by atoms with E-state index in [0.717, 1.165) is 16.7 Å². The minimum absolute atomic E-state index is 0.0672. The predicted octanol–water partition coefficient (Wildman–Crippen LogP) is 6.27. The molecule has 0 aliphatic heterocycles. The fraction of sp³-hybridized carbons (Fsp3) is 0.323. The average molecular weight is 562 g/mol. The number of fused-ring (bicyclic) bond motifs is 2. The van der Waals surface area contributed by atoms with Crippen molar-refractivity contribution in [3.63, 3.8) is 0 Å². The molecule has 0 saturated carbocycles. The maximum absolute atomic E-state index is 14.0. The summed E-state index contributed by atoms with van der Waals surface area (Å²) in [5, 5.41) is 16.5. The second-order valence-electron chi connectivity index (χ2n) is 11.1. The summed E-state index contributed by atoms with van der Waals surface area (Å²) in [6.07, 6.45) is -0.680. The van der Waals surface area contributed by atoms with Crippen molar-refractivity contribution < 1.29 is 24.2 Å². The van der Waals surface area contributed by atoms with Crippen molar-refractivity contribution in [3.05, 3.63) is 80.9 Å². The van der Waals surface area contributed by atoms with E-state index >= 15 is 0 Å². The van der Waals surface area contributed by atoms with E-state index in [1.54, 1.807) is 39.0 Å². The monoisotopic (exact) mass is 561 g/mol. The number of carbonyl (C=O) groups is 2. The molecule has 0 fully saturated rings. The van der Waals surface area contributed by atoms with Gasteiger partial charge in [0.25, 0.3) is 0 Å². The highest BCUT2D eigenvalue weighted by atomic mass is 35.5. The van der Waals surface area contributed by atoms with Gasteiger partial charge in [-0.15, -0.1) is 0 Å². The number of aryl methyl sites for hydroxylation is 3. The summed E-state index contributed by atoms with van der Waals surface area (Å²) in [7, 11) is 0. The van der Waals surface area contributed by atoms with Gasteiger partial charge >= 0.3 is 6.09 Å². The van der Waals surface area contributed by atoms with Crippen LogP contribution in [0.1, 0.15) is 58.9 Å². The van der Waals surface area contributed by atoms with Gasteiger partial charge in [0.1, 0.15) is 23.7 Å². The van der Waals surface area contributed by atoms with Gasteiger partial charge in [0, 0.05) is 10.9 Å². The number of rotatable bonds is 6. The number of ether oxygens (including phenoxy) is 2. The zero-order chi connectivity index (χ0) is 28.9. The van der Waals surface area contributed by atoms with Crippen LogP contribution in [0.5, 0.6) is 5.75 Å². The SMILES string of the molecule is Cc1cc(C)c(COc2cccc3c2C(=O)c2c(Cl)ccc4c2c-3nn4N(CCO)C(=O)OC(C)(C)C)c(C)c1. The third-order valence-corrected chi connectivity index (χ3v) is 7.19. The summed E-state index contributed by atoms with van der Waals surface area (Å²) in [5.41, 5.74) is 5.93.